The molecule has 1 aromatic heterocycles. The number of hydrogen-bond acceptors (Lipinski definition) is 6. The zero-order valence-corrected chi connectivity index (χ0v) is 17.0. The van der Waals surface area contributed by atoms with Crippen LogP contribution in [0.15, 0.2) is 78.5 Å². The zero-order chi connectivity index (χ0) is 22.0. The molecule has 2 heterocycles. The molecule has 0 unspecified atom stereocenters. The van der Waals surface area contributed by atoms with Gasteiger partial charge < -0.3 is 14.6 Å². The molecule has 0 bridgehead atoms. The molecule has 156 valence electrons. The quantitative estimate of drug-likeness (QED) is 0.387. The van der Waals surface area contributed by atoms with Gasteiger partial charge >= 0.3 is 5.91 Å². The molecule has 0 saturated carbocycles. The monoisotopic (exact) mass is 416 g/mol. The van der Waals surface area contributed by atoms with Gasteiger partial charge in [0.1, 0.15) is 29.1 Å². The number of methoxy groups -OCH3 is 2. The summed E-state index contributed by atoms with van der Waals surface area (Å²) < 4.78 is 10.7. The number of carbonyl (C=O) groups excluding carboxylic acids is 2. The van der Waals surface area contributed by atoms with E-state index in [0.29, 0.717) is 28.4 Å². The summed E-state index contributed by atoms with van der Waals surface area (Å²) in [4.78, 5) is 31.8. The Kier molecular flexibility index (Phi) is 5.41. The minimum Gasteiger partial charge on any atom is -0.507 e. The fourth-order valence-electron chi connectivity index (χ4n) is 3.68. The van der Waals surface area contributed by atoms with Gasteiger partial charge in [-0.15, -0.1) is 0 Å². The van der Waals surface area contributed by atoms with E-state index >= 15 is 0 Å². The van der Waals surface area contributed by atoms with Crippen molar-refractivity contribution in [1.29, 1.82) is 0 Å². The number of aliphatic hydroxyl groups is 1. The maximum absolute atomic E-state index is 13.1. The van der Waals surface area contributed by atoms with Crippen LogP contribution in [0.3, 0.4) is 0 Å². The van der Waals surface area contributed by atoms with Crippen molar-refractivity contribution in [2.24, 2.45) is 0 Å². The van der Waals surface area contributed by atoms with Crippen LogP contribution in [0.1, 0.15) is 17.2 Å². The molecular weight excluding hydrogens is 396 g/mol. The maximum atomic E-state index is 13.1. The third-order valence-electron chi connectivity index (χ3n) is 5.12. The first-order chi connectivity index (χ1) is 15.1. The zero-order valence-electron chi connectivity index (χ0n) is 17.0. The Hall–Kier alpha value is -4.13. The fraction of sp³-hybridized carbons (Fsp3) is 0.125. The van der Waals surface area contributed by atoms with Crippen LogP contribution in [0.5, 0.6) is 11.5 Å². The second-order valence-electron chi connectivity index (χ2n) is 6.83. The predicted molar refractivity (Wildman–Crippen MR) is 115 cm³/mol. The molecule has 7 nitrogen and oxygen atoms in total. The number of rotatable bonds is 5. The number of aliphatic hydroxyl groups excluding tert-OH is 1. The predicted octanol–water partition coefficient (Wildman–Crippen LogP) is 3.73. The van der Waals surface area contributed by atoms with Gasteiger partial charge in [0.2, 0.25) is 0 Å². The molecule has 1 fully saturated rings. The van der Waals surface area contributed by atoms with E-state index < -0.39 is 17.7 Å². The summed E-state index contributed by atoms with van der Waals surface area (Å²) in [5.74, 6) is -0.596. The Labute approximate surface area is 179 Å². The first-order valence-electron chi connectivity index (χ1n) is 9.56. The first-order valence-corrected chi connectivity index (χ1v) is 9.56. The molecule has 1 aliphatic rings. The molecule has 1 aliphatic heterocycles. The number of anilines is 1. The standard InChI is InChI=1S/C24H20N2O5/c1-30-16-9-7-8-15(14-16)22(27)20-21(17-10-3-4-11-18(17)31-2)26(24(29)23(20)28)19-12-5-6-13-25-19/h3-14,21,27H,1-2H3/t21-/m0/s1. The molecular formula is C24H20N2O5. The van der Waals surface area contributed by atoms with Crippen LogP contribution < -0.4 is 14.4 Å². The van der Waals surface area contributed by atoms with Crippen LogP contribution in [0.25, 0.3) is 5.76 Å². The first kappa shape index (κ1) is 20.2. The highest BCUT2D eigenvalue weighted by Crippen LogP contribution is 2.44. The molecule has 1 atom stereocenters. The van der Waals surface area contributed by atoms with Crippen molar-refractivity contribution in [3.05, 3.63) is 89.6 Å². The molecule has 31 heavy (non-hydrogen) atoms. The largest absolute Gasteiger partial charge is 0.507 e. The van der Waals surface area contributed by atoms with Gasteiger partial charge in [-0.2, -0.15) is 0 Å². The topological polar surface area (TPSA) is 89.0 Å². The van der Waals surface area contributed by atoms with Crippen molar-refractivity contribution >= 4 is 23.3 Å². The number of pyridine rings is 1. The Morgan fingerprint density at radius 2 is 1.74 bits per heavy atom. The third kappa shape index (κ3) is 3.50. The molecule has 0 aliphatic carbocycles. The van der Waals surface area contributed by atoms with Gasteiger partial charge in [-0.05, 0) is 30.3 Å². The van der Waals surface area contributed by atoms with Crippen LogP contribution in [-0.2, 0) is 9.59 Å². The lowest BCUT2D eigenvalue weighted by Crippen LogP contribution is -2.30. The highest BCUT2D eigenvalue weighted by molar-refractivity contribution is 6.51. The third-order valence-corrected chi connectivity index (χ3v) is 5.12. The average molecular weight is 416 g/mol. The number of nitrogens with zero attached hydrogens (tertiary/aromatic N) is 2. The minimum absolute atomic E-state index is 0.0478. The van der Waals surface area contributed by atoms with Crippen molar-refractivity contribution in [2.45, 2.75) is 6.04 Å². The smallest absolute Gasteiger partial charge is 0.301 e. The highest BCUT2D eigenvalue weighted by atomic mass is 16.5. The average Bonchev–Trinajstić information content (AvgIpc) is 3.09. The van der Waals surface area contributed by atoms with E-state index in [1.54, 1.807) is 66.7 Å². The molecule has 1 N–H and O–H groups in total. The van der Waals surface area contributed by atoms with E-state index in [1.807, 2.05) is 0 Å². The number of Topliss-reactive ketones (excluding diaryl/α,β-unsaturated/α-hetero) is 1. The van der Waals surface area contributed by atoms with Gasteiger partial charge in [-0.25, -0.2) is 4.98 Å². The number of carbonyl (C=O) groups is 2. The number of ether oxygens (including phenoxy) is 2. The summed E-state index contributed by atoms with van der Waals surface area (Å²) in [5, 5.41) is 11.2. The number of benzene rings is 2. The number of amides is 1. The number of hydrogen-bond donors (Lipinski definition) is 1. The van der Waals surface area contributed by atoms with Gasteiger partial charge in [-0.3, -0.25) is 14.5 Å². The Morgan fingerprint density at radius 1 is 0.968 bits per heavy atom. The van der Waals surface area contributed by atoms with Crippen molar-refractivity contribution in [3.63, 3.8) is 0 Å². The molecule has 0 spiro atoms. The van der Waals surface area contributed by atoms with Crippen LogP contribution in [0.2, 0.25) is 0 Å². The lowest BCUT2D eigenvalue weighted by Gasteiger charge is -2.25. The molecule has 2 aromatic carbocycles. The normalized spacial score (nSPS) is 17.6. The molecule has 1 saturated heterocycles. The Bertz CT molecular complexity index is 1170. The van der Waals surface area contributed by atoms with Crippen molar-refractivity contribution < 1.29 is 24.2 Å². The molecule has 0 radical (unpaired) electrons. The highest BCUT2D eigenvalue weighted by Gasteiger charge is 2.48. The Balaban J connectivity index is 1.98. The van der Waals surface area contributed by atoms with E-state index in [-0.39, 0.29) is 11.3 Å². The van der Waals surface area contributed by atoms with Gasteiger partial charge in [0, 0.05) is 17.3 Å². The molecule has 7 heteroatoms. The van der Waals surface area contributed by atoms with Crippen molar-refractivity contribution in [1.82, 2.24) is 4.98 Å². The van der Waals surface area contributed by atoms with Gasteiger partial charge in [0.05, 0.1) is 19.8 Å². The summed E-state index contributed by atoms with van der Waals surface area (Å²) in [6.45, 7) is 0. The van der Waals surface area contributed by atoms with Crippen LogP contribution >= 0.6 is 0 Å². The summed E-state index contributed by atoms with van der Waals surface area (Å²) in [5.41, 5.74) is 0.867. The SMILES string of the molecule is COc1cccc(C(O)=C2C(=O)C(=O)N(c3ccccn3)[C@H]2c2ccccc2OC)c1. The number of ketones is 1. The van der Waals surface area contributed by atoms with E-state index in [2.05, 4.69) is 4.98 Å². The van der Waals surface area contributed by atoms with E-state index in [4.69, 9.17) is 9.47 Å². The molecule has 4 rings (SSSR count). The fourth-order valence-corrected chi connectivity index (χ4v) is 3.68. The summed E-state index contributed by atoms with van der Waals surface area (Å²) in [6.07, 6.45) is 1.54. The second-order valence-corrected chi connectivity index (χ2v) is 6.83. The van der Waals surface area contributed by atoms with E-state index in [1.165, 1.54) is 25.3 Å². The van der Waals surface area contributed by atoms with Crippen molar-refractivity contribution in [3.8, 4) is 11.5 Å². The lowest BCUT2D eigenvalue weighted by atomic mass is 9.94. The van der Waals surface area contributed by atoms with Gasteiger partial charge in [0.15, 0.2) is 0 Å². The second kappa shape index (κ2) is 8.31. The maximum Gasteiger partial charge on any atom is 0.301 e. The van der Waals surface area contributed by atoms with Crippen molar-refractivity contribution in [2.75, 3.05) is 19.1 Å². The molecule has 1 amide bonds. The van der Waals surface area contributed by atoms with E-state index in [0.717, 1.165) is 0 Å². The number of para-hydroxylation sites is 1. The van der Waals surface area contributed by atoms with Crippen LogP contribution in [0.4, 0.5) is 5.82 Å². The summed E-state index contributed by atoms with van der Waals surface area (Å²) in [6, 6.07) is 17.9. The number of aromatic nitrogens is 1. The summed E-state index contributed by atoms with van der Waals surface area (Å²) in [7, 11) is 3.02. The lowest BCUT2D eigenvalue weighted by molar-refractivity contribution is -0.132. The van der Waals surface area contributed by atoms with Crippen LogP contribution in [0, 0.1) is 0 Å². The van der Waals surface area contributed by atoms with Gasteiger partial charge in [-0.1, -0.05) is 36.4 Å². The molecule has 3 aromatic rings. The van der Waals surface area contributed by atoms with E-state index in [9.17, 15) is 14.7 Å². The minimum atomic E-state index is -0.919. The van der Waals surface area contributed by atoms with Crippen LogP contribution in [-0.4, -0.2) is 36.0 Å². The van der Waals surface area contributed by atoms with Gasteiger partial charge in [0.25, 0.3) is 5.78 Å². The Morgan fingerprint density at radius 3 is 2.45 bits per heavy atom. The summed E-state index contributed by atoms with van der Waals surface area (Å²) >= 11 is 0.